The third-order valence-electron chi connectivity index (χ3n) is 5.31. The summed E-state index contributed by atoms with van der Waals surface area (Å²) >= 11 is 0. The number of anilines is 2. The van der Waals surface area contributed by atoms with E-state index in [9.17, 15) is 9.59 Å². The lowest BCUT2D eigenvalue weighted by atomic mass is 10.1. The summed E-state index contributed by atoms with van der Waals surface area (Å²) in [4.78, 5) is 31.8. The van der Waals surface area contributed by atoms with Crippen LogP contribution in [0, 0.1) is 0 Å². The fourth-order valence-corrected chi connectivity index (χ4v) is 3.62. The number of rotatable bonds is 7. The maximum atomic E-state index is 12.7. The monoisotopic (exact) mass is 426 g/mol. The van der Waals surface area contributed by atoms with Gasteiger partial charge in [0.15, 0.2) is 0 Å². The van der Waals surface area contributed by atoms with Gasteiger partial charge in [-0.25, -0.2) is 4.98 Å². The molecular formula is C26H26N4O2. The van der Waals surface area contributed by atoms with E-state index in [0.29, 0.717) is 5.56 Å². The normalized spacial score (nSPS) is 10.8. The van der Waals surface area contributed by atoms with Gasteiger partial charge in [0.05, 0.1) is 11.0 Å². The molecule has 4 aromatic rings. The first-order valence-corrected chi connectivity index (χ1v) is 10.8. The Hall–Kier alpha value is -3.93. The van der Waals surface area contributed by atoms with E-state index >= 15 is 0 Å². The van der Waals surface area contributed by atoms with Gasteiger partial charge in [0.25, 0.3) is 5.91 Å². The Balaban J connectivity index is 1.42. The Morgan fingerprint density at radius 2 is 1.69 bits per heavy atom. The standard InChI is InChI=1S/C26H26N4O2/c1-3-18-5-4-6-22(15-18)28-26(32)20-10-13-23-24(16-20)30-25(29-23)14-9-19-7-11-21(12-8-19)27-17(2)31/h4-8,10-13,15-16H,3,9,14H2,1-2H3,(H,27,31)(H,28,32)(H,29,30). The van der Waals surface area contributed by atoms with Gasteiger partial charge in [-0.3, -0.25) is 9.59 Å². The molecule has 6 heteroatoms. The summed E-state index contributed by atoms with van der Waals surface area (Å²) in [6, 6.07) is 21.2. The topological polar surface area (TPSA) is 86.9 Å². The van der Waals surface area contributed by atoms with Gasteiger partial charge in [-0.15, -0.1) is 0 Å². The van der Waals surface area contributed by atoms with Crippen LogP contribution in [0.1, 0.15) is 41.2 Å². The van der Waals surface area contributed by atoms with Gasteiger partial charge in [-0.2, -0.15) is 0 Å². The molecule has 0 atom stereocenters. The molecule has 0 aliphatic rings. The molecule has 1 aromatic heterocycles. The first kappa shape index (κ1) is 21.3. The number of amides is 2. The summed E-state index contributed by atoms with van der Waals surface area (Å²) < 4.78 is 0. The van der Waals surface area contributed by atoms with E-state index in [2.05, 4.69) is 27.5 Å². The molecule has 3 N–H and O–H groups in total. The van der Waals surface area contributed by atoms with Crippen LogP contribution in [0.25, 0.3) is 11.0 Å². The van der Waals surface area contributed by atoms with E-state index < -0.39 is 0 Å². The van der Waals surface area contributed by atoms with Crippen molar-refractivity contribution in [3.8, 4) is 0 Å². The minimum absolute atomic E-state index is 0.0810. The second-order valence-electron chi connectivity index (χ2n) is 7.80. The van der Waals surface area contributed by atoms with Crippen LogP contribution in [0.5, 0.6) is 0 Å². The van der Waals surface area contributed by atoms with Crippen molar-refractivity contribution in [3.63, 3.8) is 0 Å². The number of aromatic nitrogens is 2. The summed E-state index contributed by atoms with van der Waals surface area (Å²) in [7, 11) is 0. The highest BCUT2D eigenvalue weighted by atomic mass is 16.2. The average molecular weight is 427 g/mol. The second-order valence-corrected chi connectivity index (χ2v) is 7.80. The largest absolute Gasteiger partial charge is 0.342 e. The number of hydrogen-bond acceptors (Lipinski definition) is 3. The second kappa shape index (κ2) is 9.47. The maximum absolute atomic E-state index is 12.7. The summed E-state index contributed by atoms with van der Waals surface area (Å²) in [5.74, 6) is 0.650. The summed E-state index contributed by atoms with van der Waals surface area (Å²) in [5.41, 5.74) is 6.20. The fourth-order valence-electron chi connectivity index (χ4n) is 3.62. The molecule has 0 radical (unpaired) electrons. The Bertz CT molecular complexity index is 1260. The number of fused-ring (bicyclic) bond motifs is 1. The Kier molecular flexibility index (Phi) is 6.31. The van der Waals surface area contributed by atoms with E-state index in [-0.39, 0.29) is 11.8 Å². The van der Waals surface area contributed by atoms with Gasteiger partial charge in [0, 0.05) is 30.3 Å². The third kappa shape index (κ3) is 5.21. The lowest BCUT2D eigenvalue weighted by Crippen LogP contribution is -2.11. The van der Waals surface area contributed by atoms with Crippen molar-refractivity contribution in [2.75, 3.05) is 10.6 Å². The number of hydrogen-bond donors (Lipinski definition) is 3. The smallest absolute Gasteiger partial charge is 0.255 e. The van der Waals surface area contributed by atoms with Crippen molar-refractivity contribution in [2.45, 2.75) is 33.1 Å². The minimum Gasteiger partial charge on any atom is -0.342 e. The van der Waals surface area contributed by atoms with E-state index in [4.69, 9.17) is 0 Å². The predicted molar refractivity (Wildman–Crippen MR) is 128 cm³/mol. The zero-order chi connectivity index (χ0) is 22.5. The van der Waals surface area contributed by atoms with Gasteiger partial charge in [0.1, 0.15) is 5.82 Å². The molecule has 162 valence electrons. The molecule has 0 spiro atoms. The predicted octanol–water partition coefficient (Wildman–Crippen LogP) is 5.12. The molecule has 0 saturated carbocycles. The van der Waals surface area contributed by atoms with Crippen molar-refractivity contribution in [2.24, 2.45) is 0 Å². The number of carbonyl (C=O) groups is 2. The Morgan fingerprint density at radius 1 is 0.875 bits per heavy atom. The molecule has 3 aromatic carbocycles. The summed E-state index contributed by atoms with van der Waals surface area (Å²) in [6.45, 7) is 3.58. The average Bonchev–Trinajstić information content (AvgIpc) is 3.20. The van der Waals surface area contributed by atoms with Crippen LogP contribution in [0.4, 0.5) is 11.4 Å². The lowest BCUT2D eigenvalue weighted by molar-refractivity contribution is -0.114. The molecule has 6 nitrogen and oxygen atoms in total. The Labute approximate surface area is 187 Å². The van der Waals surface area contributed by atoms with E-state index in [1.54, 1.807) is 6.07 Å². The zero-order valence-corrected chi connectivity index (χ0v) is 18.2. The first-order valence-electron chi connectivity index (χ1n) is 10.8. The lowest BCUT2D eigenvalue weighted by Gasteiger charge is -2.06. The van der Waals surface area contributed by atoms with Crippen molar-refractivity contribution >= 4 is 34.2 Å². The van der Waals surface area contributed by atoms with Crippen molar-refractivity contribution in [3.05, 3.63) is 89.2 Å². The first-order chi connectivity index (χ1) is 15.5. The molecule has 0 aliphatic carbocycles. The third-order valence-corrected chi connectivity index (χ3v) is 5.31. The van der Waals surface area contributed by atoms with E-state index in [1.165, 1.54) is 12.5 Å². The van der Waals surface area contributed by atoms with Gasteiger partial charge < -0.3 is 15.6 Å². The van der Waals surface area contributed by atoms with Crippen LogP contribution in [0.15, 0.2) is 66.7 Å². The van der Waals surface area contributed by atoms with Gasteiger partial charge in [-0.1, -0.05) is 31.2 Å². The van der Waals surface area contributed by atoms with Crippen molar-refractivity contribution in [1.82, 2.24) is 9.97 Å². The van der Waals surface area contributed by atoms with Gasteiger partial charge in [0.2, 0.25) is 5.91 Å². The minimum atomic E-state index is -0.143. The number of carbonyl (C=O) groups excluding carboxylic acids is 2. The molecule has 2 amide bonds. The van der Waals surface area contributed by atoms with Gasteiger partial charge in [-0.05, 0) is 66.4 Å². The number of imidazole rings is 1. The highest BCUT2D eigenvalue weighted by molar-refractivity contribution is 6.06. The van der Waals surface area contributed by atoms with Crippen LogP contribution < -0.4 is 10.6 Å². The number of benzene rings is 3. The number of aromatic amines is 1. The molecular weight excluding hydrogens is 400 g/mol. The molecule has 32 heavy (non-hydrogen) atoms. The van der Waals surface area contributed by atoms with Crippen molar-refractivity contribution in [1.29, 1.82) is 0 Å². The molecule has 0 unspecified atom stereocenters. The summed E-state index contributed by atoms with van der Waals surface area (Å²) in [5, 5.41) is 5.74. The van der Waals surface area contributed by atoms with Crippen LogP contribution >= 0.6 is 0 Å². The highest BCUT2D eigenvalue weighted by Crippen LogP contribution is 2.18. The zero-order valence-electron chi connectivity index (χ0n) is 18.2. The maximum Gasteiger partial charge on any atom is 0.255 e. The number of nitrogens with one attached hydrogen (secondary N) is 3. The van der Waals surface area contributed by atoms with Crippen LogP contribution in [-0.2, 0) is 24.1 Å². The Morgan fingerprint density at radius 3 is 2.44 bits per heavy atom. The van der Waals surface area contributed by atoms with E-state index in [0.717, 1.165) is 53.1 Å². The van der Waals surface area contributed by atoms with Crippen LogP contribution in [0.2, 0.25) is 0 Å². The summed E-state index contributed by atoms with van der Waals surface area (Å²) in [6.07, 6.45) is 2.49. The number of nitrogens with zero attached hydrogens (tertiary/aromatic N) is 1. The molecule has 0 aliphatic heterocycles. The molecule has 1 heterocycles. The van der Waals surface area contributed by atoms with Crippen molar-refractivity contribution < 1.29 is 9.59 Å². The fraction of sp³-hybridized carbons (Fsp3) is 0.192. The number of aryl methyl sites for hydroxylation is 3. The number of H-pyrrole nitrogens is 1. The van der Waals surface area contributed by atoms with Crippen LogP contribution in [-0.4, -0.2) is 21.8 Å². The quantitative estimate of drug-likeness (QED) is 0.383. The SMILES string of the molecule is CCc1cccc(NC(=O)c2ccc3nc(CCc4ccc(NC(C)=O)cc4)[nH]c3c2)c1. The molecule has 0 fully saturated rings. The highest BCUT2D eigenvalue weighted by Gasteiger charge is 2.10. The molecule has 0 bridgehead atoms. The molecule has 4 rings (SSSR count). The van der Waals surface area contributed by atoms with E-state index in [1.807, 2.05) is 60.7 Å². The van der Waals surface area contributed by atoms with Crippen LogP contribution in [0.3, 0.4) is 0 Å². The molecule has 0 saturated heterocycles. The van der Waals surface area contributed by atoms with Gasteiger partial charge >= 0.3 is 0 Å².